The van der Waals surface area contributed by atoms with Crippen molar-refractivity contribution in [1.29, 1.82) is 0 Å². The second-order valence-electron chi connectivity index (χ2n) is 14.2. The van der Waals surface area contributed by atoms with Gasteiger partial charge in [-0.1, -0.05) is 24.6 Å². The molecule has 0 radical (unpaired) electrons. The molecule has 18 heteroatoms. The van der Waals surface area contributed by atoms with Crippen LogP contribution in [0.4, 0.5) is 0 Å². The first-order valence-corrected chi connectivity index (χ1v) is 18.6. The largest absolute Gasteiger partial charge is 0.477 e. The van der Waals surface area contributed by atoms with Crippen LogP contribution in [0.5, 0.6) is 0 Å². The number of ether oxygens (including phenoxy) is 5. The van der Waals surface area contributed by atoms with Crippen LogP contribution in [0.15, 0.2) is 64.7 Å². The lowest BCUT2D eigenvalue weighted by molar-refractivity contribution is -0.843. The van der Waals surface area contributed by atoms with Crippen LogP contribution in [0.3, 0.4) is 0 Å². The maximum Gasteiger partial charge on any atom is 0.343 e. The second-order valence-corrected chi connectivity index (χ2v) is 14.2. The zero-order valence-corrected chi connectivity index (χ0v) is 31.3. The van der Waals surface area contributed by atoms with E-state index in [1.54, 1.807) is 26.0 Å². The van der Waals surface area contributed by atoms with Crippen LogP contribution in [-0.2, 0) is 33.3 Å². The second kappa shape index (κ2) is 20.5. The molecule has 0 spiro atoms. The van der Waals surface area contributed by atoms with Gasteiger partial charge in [-0.05, 0) is 46.0 Å². The van der Waals surface area contributed by atoms with Crippen LogP contribution < -0.4 is 16.0 Å². The van der Waals surface area contributed by atoms with Gasteiger partial charge in [-0.2, -0.15) is 0 Å². The highest BCUT2D eigenvalue weighted by molar-refractivity contribution is 5.94. The lowest BCUT2D eigenvalue weighted by atomic mass is 9.83. The van der Waals surface area contributed by atoms with Crippen LogP contribution in [0.25, 0.3) is 0 Å². The Kier molecular flexibility index (Phi) is 16.4. The third-order valence-electron chi connectivity index (χ3n) is 9.76. The number of nitrogens with one attached hydrogen (secondary N) is 2. The monoisotopic (exact) mass is 781 g/mol. The number of nitrogens with zero attached hydrogens (tertiary/aromatic N) is 1. The quantitative estimate of drug-likeness (QED) is 0.0192. The number of guanidine groups is 1. The minimum Gasteiger partial charge on any atom is -0.477 e. The number of carboxylic acids is 1. The fourth-order valence-corrected chi connectivity index (χ4v) is 6.94. The van der Waals surface area contributed by atoms with Crippen molar-refractivity contribution in [3.8, 4) is 0 Å². The molecule has 1 unspecified atom stereocenters. The van der Waals surface area contributed by atoms with E-state index in [0.29, 0.717) is 29.7 Å². The van der Waals surface area contributed by atoms with Crippen molar-refractivity contribution in [2.75, 3.05) is 39.5 Å². The predicted octanol–water partition coefficient (Wildman–Crippen LogP) is -1.95. The van der Waals surface area contributed by atoms with Gasteiger partial charge >= 0.3 is 11.9 Å². The van der Waals surface area contributed by atoms with Crippen molar-refractivity contribution in [3.63, 3.8) is 0 Å². The molecule has 1 saturated heterocycles. The summed E-state index contributed by atoms with van der Waals surface area (Å²) in [6.45, 7) is 6.64. The minimum absolute atomic E-state index is 0.0898. The van der Waals surface area contributed by atoms with E-state index in [-0.39, 0.29) is 61.8 Å². The van der Waals surface area contributed by atoms with Crippen molar-refractivity contribution in [2.45, 2.75) is 101 Å². The average Bonchev–Trinajstić information content (AvgIpc) is 3.14. The fraction of sp³-hybridized carbons (Fsp3) is 0.649. The van der Waals surface area contributed by atoms with E-state index in [1.807, 2.05) is 0 Å². The normalized spacial score (nSPS) is 30.5. The Morgan fingerprint density at radius 3 is 2.51 bits per heavy atom. The molecule has 0 aromatic rings. The Hall–Kier alpha value is -3.69. The number of allylic oxidation sites excluding steroid dienone is 1. The summed E-state index contributed by atoms with van der Waals surface area (Å²) >= 11 is 0. The van der Waals surface area contributed by atoms with Gasteiger partial charge in [0.2, 0.25) is 12.1 Å². The van der Waals surface area contributed by atoms with Crippen LogP contribution in [0, 0.1) is 11.8 Å². The van der Waals surface area contributed by atoms with Gasteiger partial charge < -0.3 is 75.4 Å². The van der Waals surface area contributed by atoms with Gasteiger partial charge in [0.25, 0.3) is 0 Å². The SMILES string of the molecule is C=C[C@H]1[C@H](O[C@@H]2O[C@H](CO)[C@@H](O)C(O)(O)[C@H]2OC(C)C)OC=C(C(=O)OC2CCCCC2)[C@H]1/C=C/C1=C(NC(N)=NCCCO)C(C(=O)O)=C[NH+](CCO)C1. The van der Waals surface area contributed by atoms with E-state index in [2.05, 4.69) is 16.9 Å². The molecule has 8 atom stereocenters. The van der Waals surface area contributed by atoms with E-state index in [1.165, 1.54) is 18.5 Å². The number of aliphatic imine (C=N–C) groups is 1. The smallest absolute Gasteiger partial charge is 0.343 e. The number of esters is 1. The van der Waals surface area contributed by atoms with Gasteiger partial charge in [0.05, 0.1) is 42.8 Å². The Balaban J connectivity index is 1.77. The molecule has 55 heavy (non-hydrogen) atoms. The lowest BCUT2D eigenvalue weighted by Crippen LogP contribution is -3.09. The topological polar surface area (TPSA) is 277 Å². The number of carbonyl (C=O) groups excluding carboxylic acids is 1. The number of hydrogen-bond acceptors (Lipinski definition) is 14. The van der Waals surface area contributed by atoms with Crippen molar-refractivity contribution in [2.24, 2.45) is 22.6 Å². The van der Waals surface area contributed by atoms with Gasteiger partial charge in [-0.3, -0.25) is 4.99 Å². The zero-order valence-electron chi connectivity index (χ0n) is 31.3. The van der Waals surface area contributed by atoms with Gasteiger partial charge in [-0.25, -0.2) is 9.59 Å². The molecule has 11 N–H and O–H groups in total. The molecular weight excluding hydrogens is 724 g/mol. The van der Waals surface area contributed by atoms with Gasteiger partial charge in [0.15, 0.2) is 18.4 Å². The third kappa shape index (κ3) is 11.2. The number of quaternary nitrogens is 1. The van der Waals surface area contributed by atoms with Crippen LogP contribution in [0.2, 0.25) is 0 Å². The molecule has 3 heterocycles. The number of rotatable bonds is 17. The number of carbonyl (C=O) groups is 2. The maximum absolute atomic E-state index is 13.8. The summed E-state index contributed by atoms with van der Waals surface area (Å²) < 4.78 is 29.5. The van der Waals surface area contributed by atoms with Crippen molar-refractivity contribution in [1.82, 2.24) is 5.32 Å². The van der Waals surface area contributed by atoms with Crippen molar-refractivity contribution < 1.29 is 73.9 Å². The highest BCUT2D eigenvalue weighted by Crippen LogP contribution is 2.39. The Bertz CT molecular complexity index is 1490. The van der Waals surface area contributed by atoms with Gasteiger partial charge in [0.1, 0.15) is 43.2 Å². The molecule has 1 aliphatic carbocycles. The van der Waals surface area contributed by atoms with Crippen LogP contribution >= 0.6 is 0 Å². The van der Waals surface area contributed by atoms with Crippen LogP contribution in [-0.4, -0.2) is 142 Å². The lowest BCUT2D eigenvalue weighted by Gasteiger charge is -2.48. The summed E-state index contributed by atoms with van der Waals surface area (Å²) in [5, 5.41) is 74.3. The fourth-order valence-electron chi connectivity index (χ4n) is 6.94. The summed E-state index contributed by atoms with van der Waals surface area (Å²) in [5.41, 5.74) is 6.63. The number of aliphatic hydroxyl groups is 6. The zero-order chi connectivity index (χ0) is 40.3. The van der Waals surface area contributed by atoms with Crippen LogP contribution in [0.1, 0.15) is 52.4 Å². The van der Waals surface area contributed by atoms with Gasteiger partial charge in [-0.15, -0.1) is 6.58 Å². The number of carboxylic acid groups (broad SMARTS) is 1. The molecule has 308 valence electrons. The first-order valence-electron chi connectivity index (χ1n) is 18.6. The summed E-state index contributed by atoms with van der Waals surface area (Å²) in [6, 6.07) is 0. The molecule has 4 aliphatic rings. The van der Waals surface area contributed by atoms with E-state index in [9.17, 15) is 40.2 Å². The number of hydrogen-bond donors (Lipinski definition) is 10. The van der Waals surface area contributed by atoms with Gasteiger partial charge in [0, 0.05) is 24.6 Å². The molecule has 3 aliphatic heterocycles. The van der Waals surface area contributed by atoms with E-state index < -0.39 is 73.2 Å². The summed E-state index contributed by atoms with van der Waals surface area (Å²) in [6.07, 6.45) is 3.02. The third-order valence-corrected chi connectivity index (χ3v) is 9.76. The Morgan fingerprint density at radius 2 is 1.89 bits per heavy atom. The molecule has 0 aromatic heterocycles. The number of nitrogens with two attached hydrogens (primary N) is 1. The highest BCUT2D eigenvalue weighted by Gasteiger charge is 2.57. The Labute approximate surface area is 319 Å². The molecular formula is C37H57N4O14+. The van der Waals surface area contributed by atoms with E-state index in [4.69, 9.17) is 34.5 Å². The summed E-state index contributed by atoms with van der Waals surface area (Å²) in [4.78, 5) is 31.1. The summed E-state index contributed by atoms with van der Waals surface area (Å²) in [7, 11) is 0. The molecule has 0 bridgehead atoms. The number of aliphatic hydroxyl groups excluding tert-OH is 4. The van der Waals surface area contributed by atoms with E-state index in [0.717, 1.165) is 19.3 Å². The molecule has 2 fully saturated rings. The maximum atomic E-state index is 13.8. The molecule has 0 amide bonds. The molecule has 0 aromatic carbocycles. The van der Waals surface area contributed by atoms with Crippen molar-refractivity contribution >= 4 is 17.9 Å². The van der Waals surface area contributed by atoms with Crippen molar-refractivity contribution in [3.05, 3.63) is 59.7 Å². The number of aliphatic carboxylic acids is 1. The highest BCUT2D eigenvalue weighted by atomic mass is 16.8. The molecule has 4 rings (SSSR count). The molecule has 1 saturated carbocycles. The predicted molar refractivity (Wildman–Crippen MR) is 194 cm³/mol. The van der Waals surface area contributed by atoms with E-state index >= 15 is 0 Å². The first kappa shape index (κ1) is 44.0. The Morgan fingerprint density at radius 1 is 1.16 bits per heavy atom. The summed E-state index contributed by atoms with van der Waals surface area (Å²) in [5.74, 6) is -6.71. The first-order chi connectivity index (χ1) is 26.2. The standard InChI is InChI=1S/C37H56N4O14/c1-4-24-25(12-11-22-17-41(14-16-43)18-26(32(46)47)29(22)40-36(38)39-13-8-15-42)27(33(48)53-23-9-6-5-7-10-23)20-51-34(24)55-35-31(52-21(2)3)37(49,50)30(45)28(19-44)54-35/h4,11-12,18,20-21,23-25,28,30-31,34-35,42-45,49-50H,1,5-10,13-17,19H2,2-3H3,(H,46,47)(H3,38,39,40)/p+1/b12-11+/t24-,25+,28-,30-,31+,34+,35+/m1/s1. The minimum atomic E-state index is -2.92. The molecule has 18 nitrogen and oxygen atoms in total. The average molecular weight is 782 g/mol.